The van der Waals surface area contributed by atoms with Gasteiger partial charge in [-0.25, -0.2) is 4.98 Å². The summed E-state index contributed by atoms with van der Waals surface area (Å²) in [4.78, 5) is 17.6. The minimum absolute atomic E-state index is 0.0807. The number of aryl methyl sites for hydroxylation is 2. The topological polar surface area (TPSA) is 51.2 Å². The van der Waals surface area contributed by atoms with Crippen molar-refractivity contribution in [2.45, 2.75) is 20.3 Å². The van der Waals surface area contributed by atoms with E-state index in [1.54, 1.807) is 30.6 Å². The van der Waals surface area contributed by atoms with Gasteiger partial charge in [0.05, 0.1) is 17.8 Å². The predicted molar refractivity (Wildman–Crippen MR) is 80.6 cm³/mol. The Morgan fingerprint density at radius 3 is 2.85 bits per heavy atom. The summed E-state index contributed by atoms with van der Waals surface area (Å²) in [6, 6.07) is 7.14. The van der Waals surface area contributed by atoms with Crippen LogP contribution >= 0.6 is 11.3 Å². The molecule has 5 heteroatoms. The number of hydrogen-bond acceptors (Lipinski definition) is 4. The van der Waals surface area contributed by atoms with E-state index in [0.717, 1.165) is 17.1 Å². The van der Waals surface area contributed by atoms with E-state index < -0.39 is 0 Å². The molecule has 0 saturated carbocycles. The number of thiazole rings is 1. The molecule has 1 aromatic heterocycles. The SMILES string of the molecule is COc1cccc(C(=O)NCCc2sc(C)nc2C)c1. The Labute approximate surface area is 122 Å². The molecule has 1 aromatic carbocycles. The molecule has 1 N–H and O–H groups in total. The molecule has 4 nitrogen and oxygen atoms in total. The number of methoxy groups -OCH3 is 1. The van der Waals surface area contributed by atoms with E-state index in [2.05, 4.69) is 10.3 Å². The first kappa shape index (κ1) is 14.5. The van der Waals surface area contributed by atoms with E-state index in [4.69, 9.17) is 4.74 Å². The largest absolute Gasteiger partial charge is 0.497 e. The molecule has 0 bridgehead atoms. The fourth-order valence-corrected chi connectivity index (χ4v) is 2.90. The van der Waals surface area contributed by atoms with Crippen LogP contribution in [0.15, 0.2) is 24.3 Å². The van der Waals surface area contributed by atoms with Gasteiger partial charge in [0.15, 0.2) is 0 Å². The average Bonchev–Trinajstić information content (AvgIpc) is 2.77. The Morgan fingerprint density at radius 2 is 2.20 bits per heavy atom. The summed E-state index contributed by atoms with van der Waals surface area (Å²) in [5, 5.41) is 3.99. The van der Waals surface area contributed by atoms with Crippen molar-refractivity contribution in [3.63, 3.8) is 0 Å². The van der Waals surface area contributed by atoms with E-state index >= 15 is 0 Å². The Bertz CT molecular complexity index is 608. The van der Waals surface area contributed by atoms with Crippen LogP contribution in [0.5, 0.6) is 5.75 Å². The van der Waals surface area contributed by atoms with Gasteiger partial charge < -0.3 is 10.1 Å². The highest BCUT2D eigenvalue weighted by Gasteiger charge is 2.08. The lowest BCUT2D eigenvalue weighted by Gasteiger charge is -2.06. The highest BCUT2D eigenvalue weighted by molar-refractivity contribution is 7.11. The molecule has 0 aliphatic heterocycles. The monoisotopic (exact) mass is 290 g/mol. The minimum Gasteiger partial charge on any atom is -0.497 e. The molecule has 106 valence electrons. The van der Waals surface area contributed by atoms with E-state index in [1.807, 2.05) is 26.0 Å². The van der Waals surface area contributed by atoms with Crippen molar-refractivity contribution in [2.24, 2.45) is 0 Å². The second-order valence-electron chi connectivity index (χ2n) is 4.48. The van der Waals surface area contributed by atoms with Gasteiger partial charge in [-0.1, -0.05) is 6.07 Å². The molecule has 0 saturated heterocycles. The third-order valence-electron chi connectivity index (χ3n) is 2.97. The zero-order valence-electron chi connectivity index (χ0n) is 11.9. The number of rotatable bonds is 5. The number of amides is 1. The number of benzene rings is 1. The highest BCUT2D eigenvalue weighted by atomic mass is 32.1. The maximum absolute atomic E-state index is 12.0. The molecule has 20 heavy (non-hydrogen) atoms. The van der Waals surface area contributed by atoms with E-state index in [-0.39, 0.29) is 5.91 Å². The molecule has 0 fully saturated rings. The third-order valence-corrected chi connectivity index (χ3v) is 4.10. The summed E-state index contributed by atoms with van der Waals surface area (Å²) in [5.74, 6) is 0.606. The Morgan fingerprint density at radius 1 is 1.40 bits per heavy atom. The molecule has 0 aliphatic rings. The lowest BCUT2D eigenvalue weighted by Crippen LogP contribution is -2.25. The van der Waals surface area contributed by atoms with Crippen LogP contribution in [0.3, 0.4) is 0 Å². The van der Waals surface area contributed by atoms with Gasteiger partial charge in [0.2, 0.25) is 0 Å². The molecule has 2 rings (SSSR count). The van der Waals surface area contributed by atoms with Crippen molar-refractivity contribution in [3.05, 3.63) is 45.4 Å². The number of aromatic nitrogens is 1. The van der Waals surface area contributed by atoms with Crippen LogP contribution in [0.25, 0.3) is 0 Å². The van der Waals surface area contributed by atoms with Gasteiger partial charge in [-0.05, 0) is 32.0 Å². The van der Waals surface area contributed by atoms with Crippen molar-refractivity contribution in [3.8, 4) is 5.75 Å². The quantitative estimate of drug-likeness (QED) is 0.921. The Kier molecular flexibility index (Phi) is 4.74. The van der Waals surface area contributed by atoms with Crippen LogP contribution in [-0.4, -0.2) is 24.5 Å². The number of carbonyl (C=O) groups is 1. The third kappa shape index (κ3) is 3.57. The first-order chi connectivity index (χ1) is 9.60. The zero-order valence-corrected chi connectivity index (χ0v) is 12.7. The van der Waals surface area contributed by atoms with E-state index in [9.17, 15) is 4.79 Å². The fraction of sp³-hybridized carbons (Fsp3) is 0.333. The lowest BCUT2D eigenvalue weighted by molar-refractivity contribution is 0.0954. The Hall–Kier alpha value is -1.88. The second-order valence-corrected chi connectivity index (χ2v) is 5.77. The summed E-state index contributed by atoms with van der Waals surface area (Å²) in [6.45, 7) is 4.61. The number of nitrogens with one attached hydrogen (secondary N) is 1. The average molecular weight is 290 g/mol. The maximum Gasteiger partial charge on any atom is 0.251 e. The first-order valence-corrected chi connectivity index (χ1v) is 7.27. The molecule has 1 amide bonds. The maximum atomic E-state index is 12.0. The summed E-state index contributed by atoms with van der Waals surface area (Å²) in [6.07, 6.45) is 0.813. The molecular weight excluding hydrogens is 272 g/mol. The Balaban J connectivity index is 1.90. The van der Waals surface area contributed by atoms with Gasteiger partial charge in [0.1, 0.15) is 5.75 Å². The molecule has 0 radical (unpaired) electrons. The summed E-state index contributed by atoms with van der Waals surface area (Å²) in [7, 11) is 1.59. The van der Waals surface area contributed by atoms with Crippen LogP contribution in [0.2, 0.25) is 0 Å². The van der Waals surface area contributed by atoms with Crippen LogP contribution in [0.4, 0.5) is 0 Å². The smallest absolute Gasteiger partial charge is 0.251 e. The molecule has 1 heterocycles. The first-order valence-electron chi connectivity index (χ1n) is 6.45. The van der Waals surface area contributed by atoms with Crippen LogP contribution in [-0.2, 0) is 6.42 Å². The summed E-state index contributed by atoms with van der Waals surface area (Å²) in [5.41, 5.74) is 1.67. The highest BCUT2D eigenvalue weighted by Crippen LogP contribution is 2.17. The molecule has 0 spiro atoms. The molecule has 0 aliphatic carbocycles. The molecule has 0 unspecified atom stereocenters. The van der Waals surface area contributed by atoms with E-state index in [1.165, 1.54) is 4.88 Å². The minimum atomic E-state index is -0.0807. The van der Waals surface area contributed by atoms with Crippen LogP contribution in [0.1, 0.15) is 25.9 Å². The number of ether oxygens (including phenoxy) is 1. The van der Waals surface area contributed by atoms with Gasteiger partial charge in [0, 0.05) is 23.4 Å². The predicted octanol–water partition coefficient (Wildman–Crippen LogP) is 2.74. The summed E-state index contributed by atoms with van der Waals surface area (Å²) < 4.78 is 5.11. The van der Waals surface area contributed by atoms with E-state index in [0.29, 0.717) is 17.9 Å². The van der Waals surface area contributed by atoms with Gasteiger partial charge in [-0.15, -0.1) is 11.3 Å². The van der Waals surface area contributed by atoms with Gasteiger partial charge in [-0.3, -0.25) is 4.79 Å². The summed E-state index contributed by atoms with van der Waals surface area (Å²) >= 11 is 1.69. The number of carbonyl (C=O) groups excluding carboxylic acids is 1. The number of nitrogens with zero attached hydrogens (tertiary/aromatic N) is 1. The van der Waals surface area contributed by atoms with Gasteiger partial charge >= 0.3 is 0 Å². The zero-order chi connectivity index (χ0) is 14.5. The van der Waals surface area contributed by atoms with Crippen molar-refractivity contribution in [2.75, 3.05) is 13.7 Å². The van der Waals surface area contributed by atoms with Gasteiger partial charge in [-0.2, -0.15) is 0 Å². The molecule has 2 aromatic rings. The van der Waals surface area contributed by atoms with Crippen molar-refractivity contribution < 1.29 is 9.53 Å². The normalized spacial score (nSPS) is 10.3. The van der Waals surface area contributed by atoms with Gasteiger partial charge in [0.25, 0.3) is 5.91 Å². The number of hydrogen-bond donors (Lipinski definition) is 1. The van der Waals surface area contributed by atoms with Crippen molar-refractivity contribution in [1.29, 1.82) is 0 Å². The second kappa shape index (κ2) is 6.52. The fourth-order valence-electron chi connectivity index (χ4n) is 1.96. The lowest BCUT2D eigenvalue weighted by atomic mass is 10.2. The molecular formula is C15H18N2O2S. The van der Waals surface area contributed by atoms with Crippen LogP contribution < -0.4 is 10.1 Å². The van der Waals surface area contributed by atoms with Crippen molar-refractivity contribution in [1.82, 2.24) is 10.3 Å². The molecule has 0 atom stereocenters. The van der Waals surface area contributed by atoms with Crippen molar-refractivity contribution >= 4 is 17.2 Å². The standard InChI is InChI=1S/C15H18N2O2S/c1-10-14(20-11(2)17-10)7-8-16-15(18)12-5-4-6-13(9-12)19-3/h4-6,9H,7-8H2,1-3H3,(H,16,18). The van der Waals surface area contributed by atoms with Crippen LogP contribution in [0, 0.1) is 13.8 Å².